The third-order valence-electron chi connectivity index (χ3n) is 4.74. The standard InChI is InChI=1S/C18H28N2O4/c1-22-9-2-3-15-6-8-20(12-17(15)21)24-13-14-4-5-18-16(11-14)19-7-10-23-18/h4-5,11,15,17,19,21H,2-3,6-10,12-13H2,1H3. The number of piperidine rings is 1. The largest absolute Gasteiger partial charge is 0.490 e. The first-order chi connectivity index (χ1) is 11.8. The van der Waals surface area contributed by atoms with Gasteiger partial charge in [0.25, 0.3) is 0 Å². The molecule has 134 valence electrons. The molecule has 0 radical (unpaired) electrons. The fraction of sp³-hybridized carbons (Fsp3) is 0.667. The monoisotopic (exact) mass is 336 g/mol. The lowest BCUT2D eigenvalue weighted by atomic mass is 9.90. The van der Waals surface area contributed by atoms with Crippen LogP contribution in [-0.2, 0) is 16.2 Å². The van der Waals surface area contributed by atoms with Crippen LogP contribution >= 0.6 is 0 Å². The van der Waals surface area contributed by atoms with Crippen molar-refractivity contribution in [3.8, 4) is 5.75 Å². The lowest BCUT2D eigenvalue weighted by Crippen LogP contribution is -2.43. The minimum Gasteiger partial charge on any atom is -0.490 e. The molecule has 3 rings (SSSR count). The van der Waals surface area contributed by atoms with E-state index in [0.29, 0.717) is 25.7 Å². The van der Waals surface area contributed by atoms with Crippen molar-refractivity contribution in [2.75, 3.05) is 45.3 Å². The van der Waals surface area contributed by atoms with Crippen LogP contribution in [0, 0.1) is 5.92 Å². The summed E-state index contributed by atoms with van der Waals surface area (Å²) in [6.45, 7) is 4.25. The zero-order chi connectivity index (χ0) is 16.8. The Morgan fingerprint density at radius 1 is 1.42 bits per heavy atom. The maximum atomic E-state index is 10.3. The van der Waals surface area contributed by atoms with Crippen molar-refractivity contribution in [1.82, 2.24) is 5.06 Å². The molecule has 0 aromatic heterocycles. The van der Waals surface area contributed by atoms with Gasteiger partial charge >= 0.3 is 0 Å². The molecule has 1 fully saturated rings. The smallest absolute Gasteiger partial charge is 0.142 e. The Balaban J connectivity index is 1.44. The van der Waals surface area contributed by atoms with Gasteiger partial charge in [0, 0.05) is 26.8 Å². The maximum Gasteiger partial charge on any atom is 0.142 e. The molecular formula is C18H28N2O4. The minimum atomic E-state index is -0.325. The number of hydroxylamine groups is 2. The first-order valence-corrected chi connectivity index (χ1v) is 8.80. The van der Waals surface area contributed by atoms with Crippen molar-refractivity contribution in [1.29, 1.82) is 0 Å². The molecule has 2 atom stereocenters. The van der Waals surface area contributed by atoms with Crippen LogP contribution in [0.15, 0.2) is 18.2 Å². The van der Waals surface area contributed by atoms with Gasteiger partial charge in [-0.15, -0.1) is 0 Å². The van der Waals surface area contributed by atoms with Crippen LogP contribution in [0.25, 0.3) is 0 Å². The van der Waals surface area contributed by atoms with Crippen molar-refractivity contribution < 1.29 is 19.4 Å². The van der Waals surface area contributed by atoms with E-state index < -0.39 is 0 Å². The molecule has 0 spiro atoms. The van der Waals surface area contributed by atoms with Crippen molar-refractivity contribution in [2.45, 2.75) is 32.0 Å². The molecular weight excluding hydrogens is 308 g/mol. The number of aliphatic hydroxyl groups excluding tert-OH is 1. The molecule has 0 bridgehead atoms. The van der Waals surface area contributed by atoms with Crippen molar-refractivity contribution in [3.63, 3.8) is 0 Å². The highest BCUT2D eigenvalue weighted by Crippen LogP contribution is 2.29. The number of anilines is 1. The molecule has 1 aromatic rings. The van der Waals surface area contributed by atoms with E-state index in [4.69, 9.17) is 14.3 Å². The third kappa shape index (κ3) is 4.60. The first kappa shape index (κ1) is 17.5. The molecule has 2 aliphatic heterocycles. The normalized spacial score (nSPS) is 24.1. The topological polar surface area (TPSA) is 63.2 Å². The van der Waals surface area contributed by atoms with E-state index in [9.17, 15) is 5.11 Å². The van der Waals surface area contributed by atoms with Crippen LogP contribution < -0.4 is 10.1 Å². The molecule has 0 aliphatic carbocycles. The molecule has 0 saturated carbocycles. The van der Waals surface area contributed by atoms with Gasteiger partial charge in [-0.25, -0.2) is 0 Å². The number of hydrogen-bond acceptors (Lipinski definition) is 6. The number of nitrogens with zero attached hydrogens (tertiary/aromatic N) is 1. The number of benzene rings is 1. The summed E-state index contributed by atoms with van der Waals surface area (Å²) >= 11 is 0. The molecule has 1 aromatic carbocycles. The Morgan fingerprint density at radius 2 is 2.33 bits per heavy atom. The fourth-order valence-corrected chi connectivity index (χ4v) is 3.34. The van der Waals surface area contributed by atoms with Gasteiger partial charge < -0.3 is 19.9 Å². The average molecular weight is 336 g/mol. The van der Waals surface area contributed by atoms with Crippen molar-refractivity contribution in [3.05, 3.63) is 23.8 Å². The Morgan fingerprint density at radius 3 is 3.17 bits per heavy atom. The van der Waals surface area contributed by atoms with Crippen LogP contribution in [0.4, 0.5) is 5.69 Å². The van der Waals surface area contributed by atoms with Crippen LogP contribution in [0.1, 0.15) is 24.8 Å². The quantitative estimate of drug-likeness (QED) is 0.743. The summed E-state index contributed by atoms with van der Waals surface area (Å²) in [5, 5.41) is 15.5. The molecule has 6 heteroatoms. The average Bonchev–Trinajstić information content (AvgIpc) is 2.61. The Bertz CT molecular complexity index is 526. The molecule has 2 aliphatic rings. The zero-order valence-corrected chi connectivity index (χ0v) is 14.4. The number of aliphatic hydroxyl groups is 1. The maximum absolute atomic E-state index is 10.3. The lowest BCUT2D eigenvalue weighted by molar-refractivity contribution is -0.205. The predicted octanol–water partition coefficient (Wildman–Crippen LogP) is 2.03. The highest BCUT2D eigenvalue weighted by atomic mass is 16.7. The van der Waals surface area contributed by atoms with Crippen LogP contribution in [0.3, 0.4) is 0 Å². The zero-order valence-electron chi connectivity index (χ0n) is 14.4. The van der Waals surface area contributed by atoms with E-state index in [-0.39, 0.29) is 6.10 Å². The predicted molar refractivity (Wildman–Crippen MR) is 92.0 cm³/mol. The molecule has 2 unspecified atom stereocenters. The van der Waals surface area contributed by atoms with E-state index in [1.54, 1.807) is 7.11 Å². The van der Waals surface area contributed by atoms with Gasteiger partial charge in [0.2, 0.25) is 0 Å². The number of hydrogen-bond donors (Lipinski definition) is 2. The number of β-amino-alcohol motifs (C(OH)–C–C–N with tert-alkyl or cyclic N) is 1. The molecule has 0 amide bonds. The van der Waals surface area contributed by atoms with Crippen LogP contribution in [-0.4, -0.2) is 56.2 Å². The van der Waals surface area contributed by atoms with E-state index in [2.05, 4.69) is 11.4 Å². The van der Waals surface area contributed by atoms with E-state index in [1.165, 1.54) is 0 Å². The number of methoxy groups -OCH3 is 1. The molecule has 2 N–H and O–H groups in total. The fourth-order valence-electron chi connectivity index (χ4n) is 3.34. The van der Waals surface area contributed by atoms with Gasteiger partial charge in [-0.3, -0.25) is 4.84 Å². The Hall–Kier alpha value is -1.34. The van der Waals surface area contributed by atoms with Crippen molar-refractivity contribution in [2.24, 2.45) is 5.92 Å². The molecule has 24 heavy (non-hydrogen) atoms. The van der Waals surface area contributed by atoms with Gasteiger partial charge in [-0.1, -0.05) is 6.07 Å². The van der Waals surface area contributed by atoms with E-state index in [1.807, 2.05) is 17.2 Å². The minimum absolute atomic E-state index is 0.325. The number of rotatable bonds is 7. The van der Waals surface area contributed by atoms with Gasteiger partial charge in [0.05, 0.1) is 24.9 Å². The molecule has 6 nitrogen and oxygen atoms in total. The summed E-state index contributed by atoms with van der Waals surface area (Å²) in [5.41, 5.74) is 2.13. The number of fused-ring (bicyclic) bond motifs is 1. The number of nitrogens with one attached hydrogen (secondary N) is 1. The summed E-state index contributed by atoms with van der Waals surface area (Å²) < 4.78 is 10.7. The van der Waals surface area contributed by atoms with Gasteiger partial charge in [0.15, 0.2) is 0 Å². The van der Waals surface area contributed by atoms with E-state index >= 15 is 0 Å². The first-order valence-electron chi connectivity index (χ1n) is 8.80. The highest BCUT2D eigenvalue weighted by Gasteiger charge is 2.27. The van der Waals surface area contributed by atoms with E-state index in [0.717, 1.165) is 56.0 Å². The van der Waals surface area contributed by atoms with Gasteiger partial charge in [-0.05, 0) is 42.9 Å². The van der Waals surface area contributed by atoms with Gasteiger partial charge in [-0.2, -0.15) is 5.06 Å². The summed E-state index contributed by atoms with van der Waals surface area (Å²) in [6.07, 6.45) is 2.65. The van der Waals surface area contributed by atoms with Crippen molar-refractivity contribution >= 4 is 5.69 Å². The molecule has 2 heterocycles. The van der Waals surface area contributed by atoms with Crippen LogP contribution in [0.2, 0.25) is 0 Å². The summed E-state index contributed by atoms with van der Waals surface area (Å²) in [5.74, 6) is 1.25. The Kier molecular flexibility index (Phi) is 6.31. The SMILES string of the molecule is COCCCC1CCN(OCc2ccc3c(c2)NCCO3)CC1O. The Labute approximate surface area is 143 Å². The van der Waals surface area contributed by atoms with Crippen LogP contribution in [0.5, 0.6) is 5.75 Å². The van der Waals surface area contributed by atoms with Gasteiger partial charge in [0.1, 0.15) is 12.4 Å². The summed E-state index contributed by atoms with van der Waals surface area (Å²) in [4.78, 5) is 5.88. The summed E-state index contributed by atoms with van der Waals surface area (Å²) in [6, 6.07) is 6.08. The second-order valence-electron chi connectivity index (χ2n) is 6.52. The third-order valence-corrected chi connectivity index (χ3v) is 4.74. The second-order valence-corrected chi connectivity index (χ2v) is 6.52. The lowest BCUT2D eigenvalue weighted by Gasteiger charge is -2.35. The summed E-state index contributed by atoms with van der Waals surface area (Å²) in [7, 11) is 1.72. The molecule has 1 saturated heterocycles. The number of ether oxygens (including phenoxy) is 2. The highest BCUT2D eigenvalue weighted by molar-refractivity contribution is 5.59. The second kappa shape index (κ2) is 8.67.